The Hall–Kier alpha value is -2.93. The predicted octanol–water partition coefficient (Wildman–Crippen LogP) is 4.64. The van der Waals surface area contributed by atoms with E-state index >= 15 is 0 Å². The lowest BCUT2D eigenvalue weighted by molar-refractivity contribution is -0.122. The molecule has 0 bridgehead atoms. The zero-order valence-corrected chi connectivity index (χ0v) is 18.0. The van der Waals surface area contributed by atoms with Crippen LogP contribution in [0.25, 0.3) is 6.08 Å². The van der Waals surface area contributed by atoms with Crippen LogP contribution in [0.1, 0.15) is 18.1 Å². The molecule has 2 aromatic rings. The number of methoxy groups -OCH3 is 3. The lowest BCUT2D eigenvalue weighted by Gasteiger charge is -2.13. The minimum Gasteiger partial charge on any atom is -0.497 e. The molecule has 1 fully saturated rings. The van der Waals surface area contributed by atoms with Crippen LogP contribution in [0, 0.1) is 6.92 Å². The first-order valence-electron chi connectivity index (χ1n) is 9.18. The van der Waals surface area contributed by atoms with Crippen LogP contribution < -0.4 is 14.2 Å². The highest BCUT2D eigenvalue weighted by molar-refractivity contribution is 8.18. The van der Waals surface area contributed by atoms with Crippen molar-refractivity contribution in [2.75, 3.05) is 27.9 Å². The molecule has 0 aromatic heterocycles. The lowest BCUT2D eigenvalue weighted by atomic mass is 10.1. The van der Waals surface area contributed by atoms with E-state index in [2.05, 4.69) is 4.99 Å². The molecule has 1 heterocycles. The molecule has 0 saturated carbocycles. The van der Waals surface area contributed by atoms with Crippen LogP contribution in [0.5, 0.6) is 17.2 Å². The summed E-state index contributed by atoms with van der Waals surface area (Å²) in [4.78, 5) is 19.8. The second-order valence-electron chi connectivity index (χ2n) is 6.27. The van der Waals surface area contributed by atoms with Gasteiger partial charge in [0, 0.05) is 17.7 Å². The molecule has 1 aliphatic rings. The number of aliphatic imine (C=N–C) groups is 1. The summed E-state index contributed by atoms with van der Waals surface area (Å²) in [7, 11) is 4.86. The first kappa shape index (κ1) is 20.8. The Balaban J connectivity index is 1.96. The maximum Gasteiger partial charge on any atom is 0.266 e. The van der Waals surface area contributed by atoms with Gasteiger partial charge in [0.15, 0.2) is 5.17 Å². The molecule has 2 aromatic carbocycles. The van der Waals surface area contributed by atoms with Gasteiger partial charge in [0.05, 0.1) is 31.9 Å². The molecule has 6 nitrogen and oxygen atoms in total. The summed E-state index contributed by atoms with van der Waals surface area (Å²) in [5.41, 5.74) is 2.47. The Kier molecular flexibility index (Phi) is 6.49. The molecule has 29 heavy (non-hydrogen) atoms. The lowest BCUT2D eigenvalue weighted by Crippen LogP contribution is -2.28. The fourth-order valence-electron chi connectivity index (χ4n) is 3.08. The van der Waals surface area contributed by atoms with Gasteiger partial charge in [0.1, 0.15) is 17.2 Å². The Morgan fingerprint density at radius 3 is 2.34 bits per heavy atom. The number of benzene rings is 2. The number of hydrogen-bond acceptors (Lipinski definition) is 6. The number of carbonyl (C=O) groups is 1. The molecule has 7 heteroatoms. The van der Waals surface area contributed by atoms with Gasteiger partial charge in [-0.2, -0.15) is 0 Å². The number of likely N-dealkylation sites (N-methyl/N-ethyl adjacent to an activating group) is 1. The quantitative estimate of drug-likeness (QED) is 0.647. The maximum absolute atomic E-state index is 12.9. The zero-order chi connectivity index (χ0) is 21.0. The van der Waals surface area contributed by atoms with E-state index in [1.807, 2.05) is 56.3 Å². The fraction of sp³-hybridized carbons (Fsp3) is 0.273. The Bertz CT molecular complexity index is 968. The van der Waals surface area contributed by atoms with E-state index < -0.39 is 0 Å². The summed E-state index contributed by atoms with van der Waals surface area (Å²) in [6, 6.07) is 11.2. The summed E-state index contributed by atoms with van der Waals surface area (Å²) in [5.74, 6) is 2.12. The topological polar surface area (TPSA) is 60.4 Å². The highest BCUT2D eigenvalue weighted by Crippen LogP contribution is 2.38. The molecule has 0 N–H and O–H groups in total. The Morgan fingerprint density at radius 2 is 1.76 bits per heavy atom. The van der Waals surface area contributed by atoms with E-state index in [-0.39, 0.29) is 5.91 Å². The summed E-state index contributed by atoms with van der Waals surface area (Å²) in [6.07, 6.45) is 1.84. The molecule has 1 amide bonds. The van der Waals surface area contributed by atoms with Crippen molar-refractivity contribution in [3.8, 4) is 17.2 Å². The zero-order valence-electron chi connectivity index (χ0n) is 17.2. The molecule has 0 aliphatic carbocycles. The third-order valence-electron chi connectivity index (χ3n) is 4.60. The van der Waals surface area contributed by atoms with Crippen molar-refractivity contribution in [2.45, 2.75) is 13.8 Å². The number of carbonyl (C=O) groups excluding carboxylic acids is 1. The molecule has 152 valence electrons. The molecule has 0 unspecified atom stereocenters. The van der Waals surface area contributed by atoms with Gasteiger partial charge in [-0.15, -0.1) is 0 Å². The summed E-state index contributed by atoms with van der Waals surface area (Å²) in [6.45, 7) is 4.40. The highest BCUT2D eigenvalue weighted by atomic mass is 32.2. The Morgan fingerprint density at radius 1 is 1.03 bits per heavy atom. The minimum atomic E-state index is -0.0692. The van der Waals surface area contributed by atoms with Crippen molar-refractivity contribution in [1.29, 1.82) is 0 Å². The normalized spacial score (nSPS) is 16.6. The third kappa shape index (κ3) is 4.24. The van der Waals surface area contributed by atoms with Gasteiger partial charge >= 0.3 is 0 Å². The van der Waals surface area contributed by atoms with Gasteiger partial charge in [-0.25, -0.2) is 4.99 Å². The van der Waals surface area contributed by atoms with Crippen molar-refractivity contribution in [1.82, 2.24) is 4.90 Å². The van der Waals surface area contributed by atoms with Crippen LogP contribution in [0.3, 0.4) is 0 Å². The standard InChI is InChI=1S/C22H24N2O4S/c1-6-24-21(25)19(13-15-7-12-18(27-4)14(2)20(15)28-5)29-22(24)23-16-8-10-17(26-3)11-9-16/h7-13H,6H2,1-5H3/b19-13+,23-22?. The average Bonchev–Trinajstić information content (AvgIpc) is 3.03. The maximum atomic E-state index is 12.9. The molecular weight excluding hydrogens is 388 g/mol. The number of amides is 1. The van der Waals surface area contributed by atoms with E-state index in [0.717, 1.165) is 28.3 Å². The SMILES string of the molecule is CCN1C(=O)/C(=C\c2ccc(OC)c(C)c2OC)SC1=Nc1ccc(OC)cc1. The van der Waals surface area contributed by atoms with Crippen LogP contribution in [0.4, 0.5) is 5.69 Å². The smallest absolute Gasteiger partial charge is 0.266 e. The van der Waals surface area contributed by atoms with E-state index in [0.29, 0.717) is 22.4 Å². The molecule has 3 rings (SSSR count). The van der Waals surface area contributed by atoms with E-state index in [4.69, 9.17) is 14.2 Å². The molecule has 0 spiro atoms. The number of thioether (sulfide) groups is 1. The van der Waals surface area contributed by atoms with Crippen LogP contribution in [0.15, 0.2) is 46.3 Å². The van der Waals surface area contributed by atoms with Crippen LogP contribution >= 0.6 is 11.8 Å². The first-order chi connectivity index (χ1) is 14.0. The van der Waals surface area contributed by atoms with Crippen LogP contribution in [-0.2, 0) is 4.79 Å². The summed E-state index contributed by atoms with van der Waals surface area (Å²) >= 11 is 1.36. The van der Waals surface area contributed by atoms with Gasteiger partial charge in [-0.05, 0) is 68.1 Å². The van der Waals surface area contributed by atoms with Gasteiger partial charge < -0.3 is 14.2 Å². The van der Waals surface area contributed by atoms with E-state index in [1.54, 1.807) is 26.2 Å². The van der Waals surface area contributed by atoms with Crippen molar-refractivity contribution in [3.05, 3.63) is 52.4 Å². The van der Waals surface area contributed by atoms with Gasteiger partial charge in [0.25, 0.3) is 5.91 Å². The summed E-state index contributed by atoms with van der Waals surface area (Å²) < 4.78 is 16.1. The molecular formula is C22H24N2O4S. The monoisotopic (exact) mass is 412 g/mol. The molecule has 1 saturated heterocycles. The summed E-state index contributed by atoms with van der Waals surface area (Å²) in [5, 5.41) is 0.651. The largest absolute Gasteiger partial charge is 0.497 e. The highest BCUT2D eigenvalue weighted by Gasteiger charge is 2.32. The van der Waals surface area contributed by atoms with E-state index in [9.17, 15) is 4.79 Å². The van der Waals surface area contributed by atoms with Gasteiger partial charge in [-0.1, -0.05) is 0 Å². The average molecular weight is 413 g/mol. The number of hydrogen-bond donors (Lipinski definition) is 0. The van der Waals surface area contributed by atoms with Gasteiger partial charge in [0.2, 0.25) is 0 Å². The van der Waals surface area contributed by atoms with Crippen LogP contribution in [0.2, 0.25) is 0 Å². The van der Waals surface area contributed by atoms with Crippen molar-refractivity contribution < 1.29 is 19.0 Å². The van der Waals surface area contributed by atoms with Crippen molar-refractivity contribution in [2.24, 2.45) is 4.99 Å². The molecule has 1 aliphatic heterocycles. The van der Waals surface area contributed by atoms with Crippen molar-refractivity contribution >= 4 is 34.6 Å². The second-order valence-corrected chi connectivity index (χ2v) is 7.28. The van der Waals surface area contributed by atoms with E-state index in [1.165, 1.54) is 11.8 Å². The Labute approximate surface area is 175 Å². The fourth-order valence-corrected chi connectivity index (χ4v) is 4.13. The number of nitrogens with zero attached hydrogens (tertiary/aromatic N) is 2. The van der Waals surface area contributed by atoms with Gasteiger partial charge in [-0.3, -0.25) is 9.69 Å². The second kappa shape index (κ2) is 9.05. The third-order valence-corrected chi connectivity index (χ3v) is 5.61. The van der Waals surface area contributed by atoms with Crippen molar-refractivity contribution in [3.63, 3.8) is 0 Å². The number of rotatable bonds is 6. The minimum absolute atomic E-state index is 0.0692. The predicted molar refractivity (Wildman–Crippen MR) is 117 cm³/mol. The number of amidine groups is 1. The molecule has 0 atom stereocenters. The molecule has 0 radical (unpaired) electrons. The first-order valence-corrected chi connectivity index (χ1v) is 9.99. The number of ether oxygens (including phenoxy) is 3. The van der Waals surface area contributed by atoms with Crippen LogP contribution in [-0.4, -0.2) is 43.8 Å².